The number of hydrogen-bond donors (Lipinski definition) is 5. The number of fused-ring (bicyclic) bond motifs is 2. The molecule has 1 saturated heterocycles. The Bertz CT molecular complexity index is 3830. The van der Waals surface area contributed by atoms with Gasteiger partial charge in [-0.3, -0.25) is 24.0 Å². The van der Waals surface area contributed by atoms with Crippen LogP contribution < -0.4 is 16.0 Å². The molecule has 4 aromatic carbocycles. The van der Waals surface area contributed by atoms with Gasteiger partial charge in [-0.1, -0.05) is 142 Å². The number of amides is 2. The highest BCUT2D eigenvalue weighted by Gasteiger charge is 2.45. The molecule has 6 aromatic rings. The molecular weight excluding hydrogens is 1260 g/mol. The highest BCUT2D eigenvalue weighted by atomic mass is 32.2. The van der Waals surface area contributed by atoms with Gasteiger partial charge in [0.2, 0.25) is 11.8 Å². The minimum atomic E-state index is -4.65. The summed E-state index contributed by atoms with van der Waals surface area (Å²) in [5.41, 5.74) is 1.56. The van der Waals surface area contributed by atoms with Crippen LogP contribution in [0.1, 0.15) is 182 Å². The van der Waals surface area contributed by atoms with Crippen molar-refractivity contribution < 1.29 is 70.0 Å². The van der Waals surface area contributed by atoms with Crippen LogP contribution in [0.5, 0.6) is 0 Å². The van der Waals surface area contributed by atoms with Gasteiger partial charge in [-0.15, -0.1) is 0 Å². The maximum absolute atomic E-state index is 14.1. The second-order valence-corrected chi connectivity index (χ2v) is 29.1. The Hall–Kier alpha value is -8.14. The van der Waals surface area contributed by atoms with Gasteiger partial charge in [-0.25, -0.2) is 23.2 Å². The number of nitrogens with one attached hydrogen (secondary N) is 3. The van der Waals surface area contributed by atoms with E-state index in [1.165, 1.54) is 7.11 Å². The van der Waals surface area contributed by atoms with Gasteiger partial charge in [-0.2, -0.15) is 13.2 Å². The molecule has 0 spiro atoms. The number of piperidine rings is 1. The number of rotatable bonds is 28. The molecule has 1 saturated carbocycles. The molecule has 5 N–H and O–H groups in total. The van der Waals surface area contributed by atoms with Crippen LogP contribution in [0.15, 0.2) is 156 Å². The minimum absolute atomic E-state index is 0.0239. The Labute approximate surface area is 567 Å². The van der Waals surface area contributed by atoms with Crippen LogP contribution in [0.25, 0.3) is 10.9 Å². The molecule has 2 aliphatic heterocycles. The van der Waals surface area contributed by atoms with E-state index >= 15 is 0 Å². The van der Waals surface area contributed by atoms with Crippen LogP contribution in [0, 0.1) is 17.8 Å². The second kappa shape index (κ2) is 33.9. The van der Waals surface area contributed by atoms with E-state index in [0.717, 1.165) is 54.7 Å². The number of unbranched alkanes of at least 4 members (excludes halogenated alkanes) is 1. The number of halogens is 3. The molecule has 1 unspecified atom stereocenters. The lowest BCUT2D eigenvalue weighted by molar-refractivity contribution is -0.161. The third-order valence-electron chi connectivity index (χ3n) is 18.8. The molecule has 0 bridgehead atoms. The standard InChI is InChI=1S/C41H54N4O5.C35H38F3NO7S/c1-5-30(46)22-29(24-37(47)33-20-19-27-15-10-12-18-32(27)42-33)39(49)44-35(21-26-13-7-6-8-14-26)38(48)25-34-31-17-11-9-16-28(31)23-36(43-34)40(50)45-41(2,3)4;1-3-28(26-13-9-12-25(20-26)23-47(43,44)30-16-15-27(22-39-30)35(36,37)38)32-29(40)21-34(46-33(32)42,18-8-7-14-31(41)45-2)19-17-24-10-5-4-6-11-24/h6-8,10,12-15,18-20,28-29,31,34-36,38,43,48H,5,9,11,16-17,21-25H2,1-4H3,(H,44,49)(H,45,50);4-6,9-13,15-16,20,22,28,40H,3,7-8,14,17-19,21,23H2,1-2H3/t28-,29-,31-,34?,35+,36+,38-;28-,34-/m11/s1. The topological polar surface area (TPSA) is 257 Å². The van der Waals surface area contributed by atoms with Crippen molar-refractivity contribution in [3.05, 3.63) is 185 Å². The number of nitrogens with zero attached hydrogens (tertiary/aromatic N) is 2. The van der Waals surface area contributed by atoms with E-state index in [1.807, 2.05) is 119 Å². The number of alkyl halides is 3. The molecule has 9 atom stereocenters. The van der Waals surface area contributed by atoms with E-state index in [4.69, 9.17) is 9.47 Å². The third kappa shape index (κ3) is 21.2. The summed E-state index contributed by atoms with van der Waals surface area (Å²) >= 11 is 0. The predicted octanol–water partition coefficient (Wildman–Crippen LogP) is 13.2. The van der Waals surface area contributed by atoms with Crippen molar-refractivity contribution in [2.75, 3.05) is 7.11 Å². The van der Waals surface area contributed by atoms with Crippen molar-refractivity contribution in [2.45, 2.75) is 208 Å². The Morgan fingerprint density at radius 3 is 2.18 bits per heavy atom. The van der Waals surface area contributed by atoms with Crippen LogP contribution in [0.3, 0.4) is 0 Å². The highest BCUT2D eigenvalue weighted by molar-refractivity contribution is 7.90. The quantitative estimate of drug-likeness (QED) is 0.0174. The first kappa shape index (κ1) is 74.6. The Balaban J connectivity index is 0.000000248. The molecule has 2 aromatic heterocycles. The predicted molar refractivity (Wildman–Crippen MR) is 363 cm³/mol. The number of pyridine rings is 2. The fraction of sp³-hybridized carbons (Fsp3) is 0.474. The van der Waals surface area contributed by atoms with Gasteiger partial charge in [-0.05, 0) is 143 Å². The molecule has 0 radical (unpaired) electrons. The summed E-state index contributed by atoms with van der Waals surface area (Å²) in [6.45, 7) is 9.50. The monoisotopic (exact) mass is 1360 g/mol. The molecule has 2 fully saturated rings. The summed E-state index contributed by atoms with van der Waals surface area (Å²) in [5.74, 6) is -3.30. The van der Waals surface area contributed by atoms with Crippen molar-refractivity contribution >= 4 is 56.1 Å². The average molecular weight is 1360 g/mol. The first-order valence-corrected chi connectivity index (χ1v) is 35.4. The number of carbonyl (C=O) groups is 6. The Morgan fingerprint density at radius 1 is 0.825 bits per heavy atom. The lowest BCUT2D eigenvalue weighted by Gasteiger charge is -2.46. The minimum Gasteiger partial charge on any atom is -0.512 e. The van der Waals surface area contributed by atoms with E-state index < -0.39 is 73.8 Å². The summed E-state index contributed by atoms with van der Waals surface area (Å²) in [7, 11) is -2.77. The third-order valence-corrected chi connectivity index (χ3v) is 20.4. The van der Waals surface area contributed by atoms with Gasteiger partial charge < -0.3 is 35.6 Å². The molecule has 2 amide bonds. The number of ketones is 2. The number of methoxy groups -OCH3 is 1. The first-order valence-electron chi connectivity index (χ1n) is 33.8. The summed E-state index contributed by atoms with van der Waals surface area (Å²) in [6.07, 6.45) is 4.07. The van der Waals surface area contributed by atoms with Gasteiger partial charge in [0.05, 0.1) is 53.6 Å². The summed E-state index contributed by atoms with van der Waals surface area (Å²) in [5, 5.41) is 33.6. The number of aryl methyl sites for hydroxylation is 1. The number of sulfone groups is 1. The number of benzene rings is 4. The van der Waals surface area contributed by atoms with E-state index in [1.54, 1.807) is 37.3 Å². The lowest BCUT2D eigenvalue weighted by atomic mass is 9.68. The Morgan fingerprint density at radius 2 is 1.52 bits per heavy atom. The van der Waals surface area contributed by atoms with Crippen molar-refractivity contribution in [1.29, 1.82) is 0 Å². The number of cyclic esters (lactones) is 1. The van der Waals surface area contributed by atoms with E-state index in [9.17, 15) is 60.6 Å². The number of aliphatic hydroxyl groups is 2. The number of esters is 2. The van der Waals surface area contributed by atoms with Gasteiger partial charge in [0.25, 0.3) is 0 Å². The van der Waals surface area contributed by atoms with E-state index in [2.05, 4.69) is 25.9 Å². The molecular formula is C76H92F3N5O12S. The van der Waals surface area contributed by atoms with Crippen molar-refractivity contribution in [3.8, 4) is 0 Å². The zero-order valence-corrected chi connectivity index (χ0v) is 57.1. The zero-order valence-electron chi connectivity index (χ0n) is 56.2. The first-order chi connectivity index (χ1) is 46.2. The maximum atomic E-state index is 14.1. The second-order valence-electron chi connectivity index (χ2n) is 27.2. The molecule has 97 heavy (non-hydrogen) atoms. The van der Waals surface area contributed by atoms with Crippen LogP contribution in [0.4, 0.5) is 13.2 Å². The van der Waals surface area contributed by atoms with Gasteiger partial charge in [0.1, 0.15) is 22.8 Å². The molecule has 17 nitrogen and oxygen atoms in total. The average Bonchev–Trinajstić information content (AvgIpc) is 0.790. The largest absolute Gasteiger partial charge is 0.512 e. The lowest BCUT2D eigenvalue weighted by Crippen LogP contribution is -2.61. The molecule has 21 heteroatoms. The maximum Gasteiger partial charge on any atom is 0.417 e. The van der Waals surface area contributed by atoms with Crippen molar-refractivity contribution in [3.63, 3.8) is 0 Å². The Kier molecular flexibility index (Phi) is 26.1. The summed E-state index contributed by atoms with van der Waals surface area (Å²) in [4.78, 5) is 87.0. The molecule has 1 aliphatic carbocycles. The normalized spacial score (nSPS) is 20.2. The molecule has 9 rings (SSSR count). The van der Waals surface area contributed by atoms with Crippen molar-refractivity contribution in [2.24, 2.45) is 17.8 Å². The molecule has 3 aliphatic rings. The van der Waals surface area contributed by atoms with Crippen LogP contribution in [0.2, 0.25) is 0 Å². The van der Waals surface area contributed by atoms with Gasteiger partial charge in [0, 0.05) is 61.2 Å². The highest BCUT2D eigenvalue weighted by Crippen LogP contribution is 2.44. The SMILES string of the molecule is CCC(=O)C[C@H](CC(=O)c1ccc2ccccc2n1)C(=O)N[C@@H](Cc1ccccc1)[C@H](O)CC1N[C@H](C(=O)NC(C)(C)C)C[C@H]2CCCC[C@@H]12.CC[C@@H](C1=C(O)C[C@@](CCCCC(=O)OC)(CCc2ccccc2)OC1=O)c1cccc(CS(=O)(=O)c2ccc(C(F)(F)F)cn2)c1. The number of aromatic nitrogens is 2. The number of ether oxygens (including phenoxy) is 2. The number of Topliss-reactive ketones (excluding diaryl/α,β-unsaturated/α-hetero) is 2. The van der Waals surface area contributed by atoms with Crippen LogP contribution >= 0.6 is 0 Å². The molecule has 4 heterocycles. The summed E-state index contributed by atoms with van der Waals surface area (Å²) < 4.78 is 75.7. The van der Waals surface area contributed by atoms with Gasteiger partial charge in [0.15, 0.2) is 20.6 Å². The summed E-state index contributed by atoms with van der Waals surface area (Å²) in [6, 6.07) is 37.3. The number of aliphatic hydroxyl groups excluding tert-OH is 2. The molecule has 520 valence electrons. The van der Waals surface area contributed by atoms with Crippen LogP contribution in [-0.2, 0) is 68.1 Å². The van der Waals surface area contributed by atoms with Crippen LogP contribution in [-0.4, -0.2) is 106 Å². The van der Waals surface area contributed by atoms with Gasteiger partial charge >= 0.3 is 18.1 Å². The zero-order chi connectivity index (χ0) is 70.1. The number of carbonyl (C=O) groups excluding carboxylic acids is 6. The number of hydrogen-bond acceptors (Lipinski definition) is 15. The van der Waals surface area contributed by atoms with E-state index in [-0.39, 0.29) is 90.2 Å². The van der Waals surface area contributed by atoms with Crippen molar-refractivity contribution in [1.82, 2.24) is 25.9 Å². The smallest absolute Gasteiger partial charge is 0.417 e. The van der Waals surface area contributed by atoms with E-state index in [0.29, 0.717) is 92.1 Å². The number of para-hydroxylation sites is 1. The fourth-order valence-corrected chi connectivity index (χ4v) is 15.0. The fourth-order valence-electron chi connectivity index (χ4n) is 13.7.